The molecule has 0 saturated carbocycles. The van der Waals surface area contributed by atoms with E-state index in [0.29, 0.717) is 12.1 Å². The zero-order valence-corrected chi connectivity index (χ0v) is 18.8. The van der Waals surface area contributed by atoms with E-state index in [1.165, 1.54) is 0 Å². The lowest BCUT2D eigenvalue weighted by molar-refractivity contribution is 0.0952. The Labute approximate surface area is 191 Å². The van der Waals surface area contributed by atoms with Crippen LogP contribution in [0.15, 0.2) is 67.0 Å². The summed E-state index contributed by atoms with van der Waals surface area (Å²) in [7, 11) is 3.50. The van der Waals surface area contributed by atoms with Gasteiger partial charge in [-0.1, -0.05) is 30.3 Å². The highest BCUT2D eigenvalue weighted by molar-refractivity contribution is 5.97. The molecular formula is C26H25N5O2. The van der Waals surface area contributed by atoms with Crippen LogP contribution in [0.5, 0.6) is 5.75 Å². The molecule has 1 unspecified atom stereocenters. The number of ether oxygens (including phenoxy) is 1. The van der Waals surface area contributed by atoms with Crippen molar-refractivity contribution < 1.29 is 9.53 Å². The Kier molecular flexibility index (Phi) is 5.30. The molecule has 3 aromatic heterocycles. The fourth-order valence-electron chi connectivity index (χ4n) is 4.35. The minimum atomic E-state index is -0.161. The van der Waals surface area contributed by atoms with Crippen molar-refractivity contribution in [3.05, 3.63) is 89.4 Å². The summed E-state index contributed by atoms with van der Waals surface area (Å²) in [5, 5.41) is 9.53. The fraction of sp³-hybridized carbons (Fsp3) is 0.192. The van der Waals surface area contributed by atoms with Gasteiger partial charge in [0, 0.05) is 48.2 Å². The Morgan fingerprint density at radius 3 is 2.73 bits per heavy atom. The van der Waals surface area contributed by atoms with E-state index in [4.69, 9.17) is 4.74 Å². The van der Waals surface area contributed by atoms with E-state index in [9.17, 15) is 4.79 Å². The van der Waals surface area contributed by atoms with Gasteiger partial charge in [-0.2, -0.15) is 5.10 Å². The molecule has 0 spiro atoms. The number of H-pyrrole nitrogens is 1. The van der Waals surface area contributed by atoms with Crippen LogP contribution in [0.25, 0.3) is 21.9 Å². The molecule has 0 aliphatic rings. The lowest BCUT2D eigenvalue weighted by atomic mass is 9.90. The number of para-hydroxylation sites is 1. The van der Waals surface area contributed by atoms with Gasteiger partial charge in [-0.25, -0.2) is 4.98 Å². The van der Waals surface area contributed by atoms with Crippen LogP contribution >= 0.6 is 0 Å². The largest absolute Gasteiger partial charge is 0.497 e. The van der Waals surface area contributed by atoms with Gasteiger partial charge in [0.05, 0.1) is 18.4 Å². The number of hydrogen-bond acceptors (Lipinski definition) is 4. The van der Waals surface area contributed by atoms with E-state index in [2.05, 4.69) is 32.5 Å². The third-order valence-electron chi connectivity index (χ3n) is 6.11. The van der Waals surface area contributed by atoms with Crippen molar-refractivity contribution in [2.75, 3.05) is 13.7 Å². The summed E-state index contributed by atoms with van der Waals surface area (Å²) in [5.74, 6) is 0.602. The molecule has 33 heavy (non-hydrogen) atoms. The van der Waals surface area contributed by atoms with Gasteiger partial charge in [-0.05, 0) is 42.3 Å². The van der Waals surface area contributed by atoms with Crippen molar-refractivity contribution in [2.24, 2.45) is 7.05 Å². The van der Waals surface area contributed by atoms with E-state index in [1.54, 1.807) is 18.0 Å². The minimum absolute atomic E-state index is 0.0344. The third kappa shape index (κ3) is 3.82. The van der Waals surface area contributed by atoms with Crippen LogP contribution in [0.2, 0.25) is 0 Å². The average molecular weight is 440 g/mol. The van der Waals surface area contributed by atoms with Crippen LogP contribution in [0.4, 0.5) is 0 Å². The van der Waals surface area contributed by atoms with E-state index >= 15 is 0 Å². The smallest absolute Gasteiger partial charge is 0.252 e. The number of aromatic amines is 1. The van der Waals surface area contributed by atoms with E-state index < -0.39 is 0 Å². The standard InChI is InChI=1S/C26H25N5O2/c1-16-21-12-18(13-28-25(21)31(2)30-16)26(32)29-14-22(17-8-10-19(33-3)11-9-17)23-15-27-24-7-5-4-6-20(23)24/h4-13,15,22,27H,14H2,1-3H3,(H,29,32). The monoisotopic (exact) mass is 439 g/mol. The Morgan fingerprint density at radius 1 is 1.15 bits per heavy atom. The molecule has 0 bridgehead atoms. The molecular weight excluding hydrogens is 414 g/mol. The number of nitrogens with one attached hydrogen (secondary N) is 2. The first-order valence-corrected chi connectivity index (χ1v) is 10.8. The van der Waals surface area contributed by atoms with Crippen LogP contribution in [0, 0.1) is 6.92 Å². The topological polar surface area (TPSA) is 84.8 Å². The van der Waals surface area contributed by atoms with Gasteiger partial charge < -0.3 is 15.0 Å². The molecule has 0 fully saturated rings. The number of pyridine rings is 1. The molecule has 7 nitrogen and oxygen atoms in total. The SMILES string of the molecule is COc1ccc(C(CNC(=O)c2cnc3c(c2)c(C)nn3C)c2c[nH]c3ccccc23)cc1. The Balaban J connectivity index is 1.45. The molecule has 0 aliphatic heterocycles. The maximum Gasteiger partial charge on any atom is 0.252 e. The number of hydrogen-bond donors (Lipinski definition) is 2. The summed E-state index contributed by atoms with van der Waals surface area (Å²) < 4.78 is 7.05. The van der Waals surface area contributed by atoms with Crippen molar-refractivity contribution >= 4 is 27.8 Å². The quantitative estimate of drug-likeness (QED) is 0.412. The van der Waals surface area contributed by atoms with E-state index in [-0.39, 0.29) is 11.8 Å². The number of carbonyl (C=O) groups excluding carboxylic acids is 1. The number of benzene rings is 2. The van der Waals surface area contributed by atoms with Gasteiger partial charge in [0.1, 0.15) is 5.75 Å². The molecule has 2 aromatic carbocycles. The summed E-state index contributed by atoms with van der Waals surface area (Å²) in [5.41, 5.74) is 5.43. The highest BCUT2D eigenvalue weighted by Crippen LogP contribution is 2.31. The van der Waals surface area contributed by atoms with Crippen LogP contribution in [0.3, 0.4) is 0 Å². The maximum atomic E-state index is 13.1. The molecule has 1 atom stereocenters. The van der Waals surface area contributed by atoms with E-state index in [1.807, 2.05) is 62.6 Å². The van der Waals surface area contributed by atoms with Crippen molar-refractivity contribution in [3.63, 3.8) is 0 Å². The molecule has 0 aliphatic carbocycles. The lowest BCUT2D eigenvalue weighted by Crippen LogP contribution is -2.29. The highest BCUT2D eigenvalue weighted by Gasteiger charge is 2.20. The summed E-state index contributed by atoms with van der Waals surface area (Å²) in [4.78, 5) is 20.9. The number of carbonyl (C=O) groups is 1. The highest BCUT2D eigenvalue weighted by atomic mass is 16.5. The second-order valence-electron chi connectivity index (χ2n) is 8.13. The van der Waals surface area contributed by atoms with Gasteiger partial charge in [-0.3, -0.25) is 9.48 Å². The molecule has 5 rings (SSSR count). The predicted molar refractivity (Wildman–Crippen MR) is 129 cm³/mol. The first-order chi connectivity index (χ1) is 16.0. The number of amides is 1. The second kappa shape index (κ2) is 8.43. The first kappa shape index (κ1) is 20.8. The van der Waals surface area contributed by atoms with Crippen molar-refractivity contribution in [3.8, 4) is 5.75 Å². The number of fused-ring (bicyclic) bond motifs is 2. The third-order valence-corrected chi connectivity index (χ3v) is 6.11. The second-order valence-corrected chi connectivity index (χ2v) is 8.13. The fourth-order valence-corrected chi connectivity index (χ4v) is 4.35. The number of methoxy groups -OCH3 is 1. The van der Waals surface area contributed by atoms with Crippen LogP contribution in [0.1, 0.15) is 33.1 Å². The predicted octanol–water partition coefficient (Wildman–Crippen LogP) is 4.33. The van der Waals surface area contributed by atoms with Crippen LogP contribution < -0.4 is 10.1 Å². The molecule has 5 aromatic rings. The zero-order valence-electron chi connectivity index (χ0n) is 18.8. The molecule has 3 heterocycles. The molecule has 166 valence electrons. The molecule has 7 heteroatoms. The first-order valence-electron chi connectivity index (χ1n) is 10.8. The van der Waals surface area contributed by atoms with Crippen LogP contribution in [-0.4, -0.2) is 39.3 Å². The van der Waals surface area contributed by atoms with E-state index in [0.717, 1.165) is 44.5 Å². The Morgan fingerprint density at radius 2 is 1.94 bits per heavy atom. The normalized spacial score (nSPS) is 12.2. The van der Waals surface area contributed by atoms with Gasteiger partial charge in [0.25, 0.3) is 5.91 Å². The van der Waals surface area contributed by atoms with Gasteiger partial charge in [-0.15, -0.1) is 0 Å². The van der Waals surface area contributed by atoms with Crippen molar-refractivity contribution in [1.82, 2.24) is 25.1 Å². The van der Waals surface area contributed by atoms with Gasteiger partial charge in [0.15, 0.2) is 5.65 Å². The molecule has 1 amide bonds. The summed E-state index contributed by atoms with van der Waals surface area (Å²) in [6.07, 6.45) is 3.63. The Hall–Kier alpha value is -4.13. The van der Waals surface area contributed by atoms with Crippen molar-refractivity contribution in [1.29, 1.82) is 0 Å². The van der Waals surface area contributed by atoms with Crippen molar-refractivity contribution in [2.45, 2.75) is 12.8 Å². The number of aromatic nitrogens is 4. The summed E-state index contributed by atoms with van der Waals surface area (Å²) in [6, 6.07) is 18.0. The minimum Gasteiger partial charge on any atom is -0.497 e. The lowest BCUT2D eigenvalue weighted by Gasteiger charge is -2.19. The average Bonchev–Trinajstić information content (AvgIpc) is 3.40. The van der Waals surface area contributed by atoms with Crippen LogP contribution in [-0.2, 0) is 7.05 Å². The number of aryl methyl sites for hydroxylation is 2. The molecule has 0 radical (unpaired) electrons. The Bertz CT molecular complexity index is 1450. The van der Waals surface area contributed by atoms with Gasteiger partial charge >= 0.3 is 0 Å². The molecule has 2 N–H and O–H groups in total. The zero-order chi connectivity index (χ0) is 22.9. The summed E-state index contributed by atoms with van der Waals surface area (Å²) in [6.45, 7) is 2.36. The maximum absolute atomic E-state index is 13.1. The number of nitrogens with zero attached hydrogens (tertiary/aromatic N) is 3. The van der Waals surface area contributed by atoms with Gasteiger partial charge in [0.2, 0.25) is 0 Å². The molecule has 0 saturated heterocycles. The number of rotatable bonds is 6. The summed E-state index contributed by atoms with van der Waals surface area (Å²) >= 11 is 0.